The lowest BCUT2D eigenvalue weighted by molar-refractivity contribution is 0.380. The molecule has 1 aromatic heterocycles. The number of halogens is 15. The summed E-state index contributed by atoms with van der Waals surface area (Å²) in [4.78, 5) is 3.11. The van der Waals surface area contributed by atoms with Gasteiger partial charge in [-0.2, -0.15) is 0 Å². The topological polar surface area (TPSA) is 12.9 Å². The second-order valence-corrected chi connectivity index (χ2v) is 7.46. The fourth-order valence-electron chi connectivity index (χ4n) is 3.45. The molecule has 0 aliphatic rings. The summed E-state index contributed by atoms with van der Waals surface area (Å²) < 4.78 is 210. The van der Waals surface area contributed by atoms with Gasteiger partial charge in [-0.15, -0.1) is 0 Å². The van der Waals surface area contributed by atoms with Gasteiger partial charge in [0, 0.05) is 0 Å². The van der Waals surface area contributed by atoms with Gasteiger partial charge in [0.05, 0.1) is 28.1 Å². The molecular formula is C23H2F15N. The summed E-state index contributed by atoms with van der Waals surface area (Å²) in [6.07, 6.45) is 0. The molecule has 1 heterocycles. The fourth-order valence-corrected chi connectivity index (χ4v) is 3.45. The van der Waals surface area contributed by atoms with Gasteiger partial charge in [0.25, 0.3) is 0 Å². The summed E-state index contributed by atoms with van der Waals surface area (Å²) in [5.74, 6) is -40.0. The van der Waals surface area contributed by atoms with Gasteiger partial charge in [0.1, 0.15) is 0 Å². The number of rotatable bonds is 3. The maximum absolute atomic E-state index is 14.5. The monoisotopic (exact) mass is 577 g/mol. The molecule has 0 spiro atoms. The second kappa shape index (κ2) is 9.50. The maximum Gasteiger partial charge on any atom is 0.200 e. The molecule has 0 N–H and O–H groups in total. The van der Waals surface area contributed by atoms with E-state index in [1.54, 1.807) is 0 Å². The molecule has 0 unspecified atom stereocenters. The van der Waals surface area contributed by atoms with Gasteiger partial charge >= 0.3 is 0 Å². The molecule has 0 saturated heterocycles. The van der Waals surface area contributed by atoms with E-state index in [0.29, 0.717) is 0 Å². The quantitative estimate of drug-likeness (QED) is 0.136. The summed E-state index contributed by atoms with van der Waals surface area (Å²) >= 11 is 0. The van der Waals surface area contributed by atoms with Crippen LogP contribution in [0.4, 0.5) is 65.9 Å². The molecule has 4 aromatic rings. The number of hydrogen-bond donors (Lipinski definition) is 0. The minimum absolute atomic E-state index is 0.0217. The molecule has 0 amide bonds. The smallest absolute Gasteiger partial charge is 0.200 e. The van der Waals surface area contributed by atoms with Crippen LogP contribution in [0, 0.1) is 87.3 Å². The molecular weight excluding hydrogens is 575 g/mol. The Kier molecular flexibility index (Phi) is 6.77. The van der Waals surface area contributed by atoms with Crippen molar-refractivity contribution in [3.8, 4) is 33.6 Å². The molecule has 0 aliphatic carbocycles. The van der Waals surface area contributed by atoms with Crippen molar-refractivity contribution in [3.63, 3.8) is 0 Å². The Hall–Kier alpha value is -4.24. The summed E-state index contributed by atoms with van der Waals surface area (Å²) in [7, 11) is 0. The molecule has 0 fully saturated rings. The fraction of sp³-hybridized carbons (Fsp3) is 0. The Morgan fingerprint density at radius 2 is 0.487 bits per heavy atom. The average molecular weight is 577 g/mol. The number of benzene rings is 3. The number of hydrogen-bond acceptors (Lipinski definition) is 1. The molecule has 39 heavy (non-hydrogen) atoms. The molecule has 0 bridgehead atoms. The van der Waals surface area contributed by atoms with E-state index in [-0.39, 0.29) is 12.1 Å². The molecule has 1 nitrogen and oxygen atoms in total. The van der Waals surface area contributed by atoms with Crippen molar-refractivity contribution in [2.24, 2.45) is 0 Å². The van der Waals surface area contributed by atoms with Gasteiger partial charge in [-0.25, -0.2) is 70.8 Å². The van der Waals surface area contributed by atoms with Crippen LogP contribution in [0.5, 0.6) is 0 Å². The van der Waals surface area contributed by atoms with Crippen molar-refractivity contribution in [1.82, 2.24) is 4.98 Å². The highest BCUT2D eigenvalue weighted by atomic mass is 19.2. The zero-order chi connectivity index (χ0) is 29.2. The molecule has 0 aliphatic heterocycles. The predicted octanol–water partition coefficient (Wildman–Crippen LogP) is 8.17. The highest BCUT2D eigenvalue weighted by Crippen LogP contribution is 2.40. The van der Waals surface area contributed by atoms with Crippen molar-refractivity contribution < 1.29 is 65.9 Å². The molecule has 16 heteroatoms. The lowest BCUT2D eigenvalue weighted by Crippen LogP contribution is -2.09. The Bertz CT molecular complexity index is 1420. The van der Waals surface area contributed by atoms with Crippen molar-refractivity contribution in [3.05, 3.63) is 99.4 Å². The zero-order valence-electron chi connectivity index (χ0n) is 17.8. The first-order valence-electron chi connectivity index (χ1n) is 9.69. The normalized spacial score (nSPS) is 11.5. The minimum atomic E-state index is -2.72. The SMILES string of the molecule is Fc1c(F)c(F)c(-c2cc(-c3c(F)c(F)c(F)c(F)c3F)nc(-c3c(F)c(F)c(F)c(F)c3F)c2)c(F)c1F. The third-order valence-electron chi connectivity index (χ3n) is 5.26. The predicted molar refractivity (Wildman–Crippen MR) is 99.9 cm³/mol. The Balaban J connectivity index is 2.22. The van der Waals surface area contributed by atoms with E-state index in [1.807, 2.05) is 0 Å². The van der Waals surface area contributed by atoms with Gasteiger partial charge in [-0.05, 0) is 17.7 Å². The third kappa shape index (κ3) is 4.04. The first kappa shape index (κ1) is 27.8. The van der Waals surface area contributed by atoms with Crippen molar-refractivity contribution >= 4 is 0 Å². The Labute approximate surface area is 204 Å². The highest BCUT2D eigenvalue weighted by molar-refractivity contribution is 5.78. The van der Waals surface area contributed by atoms with Crippen molar-refractivity contribution in [1.29, 1.82) is 0 Å². The molecule has 0 radical (unpaired) electrons. The minimum Gasteiger partial charge on any atom is -0.247 e. The van der Waals surface area contributed by atoms with Crippen LogP contribution in [-0.2, 0) is 0 Å². The lowest BCUT2D eigenvalue weighted by Gasteiger charge is -2.15. The van der Waals surface area contributed by atoms with E-state index in [9.17, 15) is 65.9 Å². The van der Waals surface area contributed by atoms with Crippen LogP contribution in [0.3, 0.4) is 0 Å². The number of nitrogens with zero attached hydrogens (tertiary/aromatic N) is 1. The van der Waals surface area contributed by atoms with Crippen LogP contribution in [0.25, 0.3) is 33.6 Å². The van der Waals surface area contributed by atoms with E-state index in [2.05, 4.69) is 4.98 Å². The van der Waals surface area contributed by atoms with Gasteiger partial charge in [-0.3, -0.25) is 0 Å². The van der Waals surface area contributed by atoms with Crippen LogP contribution in [-0.4, -0.2) is 4.98 Å². The van der Waals surface area contributed by atoms with Crippen molar-refractivity contribution in [2.75, 3.05) is 0 Å². The van der Waals surface area contributed by atoms with Crippen LogP contribution < -0.4 is 0 Å². The average Bonchev–Trinajstić information content (AvgIpc) is 2.91. The number of pyridine rings is 1. The largest absolute Gasteiger partial charge is 0.247 e. The summed E-state index contributed by atoms with van der Waals surface area (Å²) in [5, 5.41) is 0. The summed E-state index contributed by atoms with van der Waals surface area (Å²) in [6, 6.07) is -0.0434. The Morgan fingerprint density at radius 3 is 0.744 bits per heavy atom. The number of aromatic nitrogens is 1. The molecule has 4 rings (SSSR count). The first-order chi connectivity index (χ1) is 18.1. The molecule has 0 saturated carbocycles. The zero-order valence-corrected chi connectivity index (χ0v) is 17.8. The van der Waals surface area contributed by atoms with E-state index >= 15 is 0 Å². The van der Waals surface area contributed by atoms with Crippen LogP contribution >= 0.6 is 0 Å². The van der Waals surface area contributed by atoms with E-state index in [0.717, 1.165) is 0 Å². The van der Waals surface area contributed by atoms with E-state index in [4.69, 9.17) is 0 Å². The maximum atomic E-state index is 14.5. The first-order valence-corrected chi connectivity index (χ1v) is 9.69. The van der Waals surface area contributed by atoms with Crippen molar-refractivity contribution in [2.45, 2.75) is 0 Å². The summed E-state index contributed by atoms with van der Waals surface area (Å²) in [6.45, 7) is 0. The molecule has 204 valence electrons. The van der Waals surface area contributed by atoms with Crippen LogP contribution in [0.2, 0.25) is 0 Å². The van der Waals surface area contributed by atoms with Gasteiger partial charge in [-0.1, -0.05) is 0 Å². The van der Waals surface area contributed by atoms with E-state index < -0.39 is 121 Å². The molecule has 3 aromatic carbocycles. The standard InChI is InChI=1S/C23H2F15N/c24-9-6(10(25)16(31)21(36)15(9)30)3-1-4(7-11(26)17(32)22(37)18(33)12(7)27)39-5(2-3)8-13(28)19(34)23(38)20(35)14(8)29/h1-2H. The van der Waals surface area contributed by atoms with E-state index in [1.165, 1.54) is 0 Å². The molecule has 0 atom stereocenters. The van der Waals surface area contributed by atoms with Gasteiger partial charge in [0.2, 0.25) is 17.5 Å². The second-order valence-electron chi connectivity index (χ2n) is 7.46. The van der Waals surface area contributed by atoms with Crippen LogP contribution in [0.15, 0.2) is 12.1 Å². The van der Waals surface area contributed by atoms with Gasteiger partial charge < -0.3 is 0 Å². The van der Waals surface area contributed by atoms with Crippen LogP contribution in [0.1, 0.15) is 0 Å². The highest BCUT2D eigenvalue weighted by Gasteiger charge is 2.33. The Morgan fingerprint density at radius 1 is 0.282 bits per heavy atom. The van der Waals surface area contributed by atoms with Gasteiger partial charge in [0.15, 0.2) is 69.8 Å². The lowest BCUT2D eigenvalue weighted by atomic mass is 9.97. The third-order valence-corrected chi connectivity index (χ3v) is 5.26. The summed E-state index contributed by atoms with van der Waals surface area (Å²) in [5.41, 5.74) is -10.9.